The van der Waals surface area contributed by atoms with E-state index in [2.05, 4.69) is 22.6 Å². The Kier molecular flexibility index (Phi) is 3.59. The number of carbonyl (C=O) groups is 1. The second kappa shape index (κ2) is 4.79. The molecule has 1 aliphatic rings. The normalized spacial score (nSPS) is 19.2. The molecule has 3 nitrogen and oxygen atoms in total. The molecule has 86 valence electrons. The zero-order valence-electron chi connectivity index (χ0n) is 8.74. The Morgan fingerprint density at radius 2 is 2.38 bits per heavy atom. The Hall–Kier alpha value is -0.490. The minimum Gasteiger partial charge on any atom is -0.467 e. The van der Waals surface area contributed by atoms with Gasteiger partial charge in [-0.05, 0) is 47.2 Å². The Balaban J connectivity index is 2.22. The highest BCUT2D eigenvalue weighted by molar-refractivity contribution is 14.1. The molecule has 0 bridgehead atoms. The second-order valence-electron chi connectivity index (χ2n) is 3.62. The van der Waals surface area contributed by atoms with E-state index >= 15 is 0 Å². The molecule has 5 heteroatoms. The van der Waals surface area contributed by atoms with Gasteiger partial charge >= 0.3 is 5.97 Å². The highest BCUT2D eigenvalue weighted by Crippen LogP contribution is 2.32. The average molecular weight is 352 g/mol. The van der Waals surface area contributed by atoms with Gasteiger partial charge in [0.25, 0.3) is 0 Å². The van der Waals surface area contributed by atoms with Crippen molar-refractivity contribution in [2.24, 2.45) is 0 Å². The minimum absolute atomic E-state index is 0.139. The summed E-state index contributed by atoms with van der Waals surface area (Å²) in [5.41, 5.74) is 1.05. The highest BCUT2D eigenvalue weighted by Gasteiger charge is 2.35. The van der Waals surface area contributed by atoms with E-state index in [0.29, 0.717) is 5.02 Å². The summed E-state index contributed by atoms with van der Waals surface area (Å²) in [4.78, 5) is 13.5. The summed E-state index contributed by atoms with van der Waals surface area (Å²) < 4.78 is 5.81. The van der Waals surface area contributed by atoms with E-state index < -0.39 is 0 Å². The van der Waals surface area contributed by atoms with Crippen molar-refractivity contribution < 1.29 is 9.53 Å². The first kappa shape index (κ1) is 12.0. The predicted octanol–water partition coefficient (Wildman–Crippen LogP) is 2.70. The van der Waals surface area contributed by atoms with Crippen LogP contribution in [0.15, 0.2) is 18.2 Å². The molecule has 0 radical (unpaired) electrons. The lowest BCUT2D eigenvalue weighted by Crippen LogP contribution is -2.53. The van der Waals surface area contributed by atoms with Crippen molar-refractivity contribution in [2.45, 2.75) is 12.5 Å². The van der Waals surface area contributed by atoms with E-state index in [1.54, 1.807) is 0 Å². The van der Waals surface area contributed by atoms with Gasteiger partial charge < -0.3 is 9.64 Å². The minimum atomic E-state index is -0.169. The third kappa shape index (κ3) is 2.13. The van der Waals surface area contributed by atoms with Crippen molar-refractivity contribution in [2.75, 3.05) is 18.6 Å². The van der Waals surface area contributed by atoms with Crippen molar-refractivity contribution in [3.05, 3.63) is 26.8 Å². The molecule has 1 fully saturated rings. The number of rotatable bonds is 2. The lowest BCUT2D eigenvalue weighted by atomic mass is 10.0. The van der Waals surface area contributed by atoms with Crippen LogP contribution in [0.4, 0.5) is 5.69 Å². The average Bonchev–Trinajstić information content (AvgIpc) is 2.20. The van der Waals surface area contributed by atoms with Gasteiger partial charge in [-0.15, -0.1) is 0 Å². The number of halogens is 2. The molecule has 0 aliphatic carbocycles. The molecule has 1 heterocycles. The number of carbonyl (C=O) groups excluding carboxylic acids is 1. The molecule has 1 unspecified atom stereocenters. The number of anilines is 1. The molecule has 0 amide bonds. The Morgan fingerprint density at radius 3 is 2.88 bits per heavy atom. The largest absolute Gasteiger partial charge is 0.467 e. The van der Waals surface area contributed by atoms with Crippen LogP contribution in [-0.4, -0.2) is 25.7 Å². The van der Waals surface area contributed by atoms with Crippen molar-refractivity contribution in [1.29, 1.82) is 0 Å². The molecule has 0 saturated carbocycles. The Labute approximate surface area is 113 Å². The van der Waals surface area contributed by atoms with Crippen molar-refractivity contribution in [1.82, 2.24) is 0 Å². The maximum atomic E-state index is 11.5. The first-order valence-corrected chi connectivity index (χ1v) is 6.38. The molecular weight excluding hydrogens is 340 g/mol. The molecular formula is C11H11ClINO2. The summed E-state index contributed by atoms with van der Waals surface area (Å²) in [6.45, 7) is 0.886. The van der Waals surface area contributed by atoms with Crippen molar-refractivity contribution in [3.8, 4) is 0 Å². The van der Waals surface area contributed by atoms with Crippen LogP contribution in [-0.2, 0) is 9.53 Å². The predicted molar refractivity (Wildman–Crippen MR) is 71.9 cm³/mol. The number of methoxy groups -OCH3 is 1. The quantitative estimate of drug-likeness (QED) is 0.606. The van der Waals surface area contributed by atoms with Gasteiger partial charge in [-0.1, -0.05) is 11.6 Å². The number of nitrogens with zero attached hydrogens (tertiary/aromatic N) is 1. The van der Waals surface area contributed by atoms with Crippen LogP contribution in [0.1, 0.15) is 6.42 Å². The van der Waals surface area contributed by atoms with E-state index in [1.807, 2.05) is 23.1 Å². The van der Waals surface area contributed by atoms with E-state index in [9.17, 15) is 4.79 Å². The molecule has 1 aromatic rings. The monoisotopic (exact) mass is 351 g/mol. The van der Waals surface area contributed by atoms with Gasteiger partial charge in [-0.25, -0.2) is 4.79 Å². The van der Waals surface area contributed by atoms with Crippen LogP contribution in [0.5, 0.6) is 0 Å². The van der Waals surface area contributed by atoms with Gasteiger partial charge in [0.05, 0.1) is 12.8 Å². The summed E-state index contributed by atoms with van der Waals surface area (Å²) in [7, 11) is 1.42. The number of hydrogen-bond acceptors (Lipinski definition) is 3. The van der Waals surface area contributed by atoms with Gasteiger partial charge in [0.1, 0.15) is 6.04 Å². The van der Waals surface area contributed by atoms with E-state index in [4.69, 9.17) is 16.3 Å². The van der Waals surface area contributed by atoms with Crippen LogP contribution < -0.4 is 4.90 Å². The standard InChI is InChI=1S/C11H11ClINO2/c1-16-11(15)10-4-5-14(10)9-3-2-7(12)6-8(9)13/h2-3,6,10H,4-5H2,1H3. The molecule has 0 N–H and O–H groups in total. The fourth-order valence-electron chi connectivity index (χ4n) is 1.77. The summed E-state index contributed by atoms with van der Waals surface area (Å²) in [6, 6.07) is 5.54. The second-order valence-corrected chi connectivity index (χ2v) is 5.22. The number of esters is 1. The Morgan fingerprint density at radius 1 is 1.62 bits per heavy atom. The van der Waals surface area contributed by atoms with Crippen LogP contribution in [0.25, 0.3) is 0 Å². The molecule has 0 aromatic heterocycles. The van der Waals surface area contributed by atoms with Crippen LogP contribution in [0.3, 0.4) is 0 Å². The topological polar surface area (TPSA) is 29.5 Å². The lowest BCUT2D eigenvalue weighted by Gasteiger charge is -2.41. The first-order chi connectivity index (χ1) is 7.63. The maximum Gasteiger partial charge on any atom is 0.328 e. The Bertz CT molecular complexity index is 424. The molecule has 1 aromatic carbocycles. The van der Waals surface area contributed by atoms with Gasteiger partial charge in [-0.3, -0.25) is 0 Å². The zero-order chi connectivity index (χ0) is 11.7. The zero-order valence-corrected chi connectivity index (χ0v) is 11.7. The third-order valence-corrected chi connectivity index (χ3v) is 3.81. The molecule has 16 heavy (non-hydrogen) atoms. The van der Waals surface area contributed by atoms with Crippen LogP contribution in [0, 0.1) is 3.57 Å². The van der Waals surface area contributed by atoms with Crippen LogP contribution in [0.2, 0.25) is 5.02 Å². The van der Waals surface area contributed by atoms with Crippen LogP contribution >= 0.6 is 34.2 Å². The molecule has 0 spiro atoms. The molecule has 1 saturated heterocycles. The summed E-state index contributed by atoms with van der Waals surface area (Å²) >= 11 is 8.12. The highest BCUT2D eigenvalue weighted by atomic mass is 127. The fraction of sp³-hybridized carbons (Fsp3) is 0.364. The fourth-order valence-corrected chi connectivity index (χ4v) is 2.95. The first-order valence-electron chi connectivity index (χ1n) is 4.93. The van der Waals surface area contributed by atoms with Gasteiger partial charge in [0, 0.05) is 15.1 Å². The summed E-state index contributed by atoms with van der Waals surface area (Å²) in [5, 5.41) is 0.711. The summed E-state index contributed by atoms with van der Waals surface area (Å²) in [5.74, 6) is -0.169. The molecule has 1 aliphatic heterocycles. The van der Waals surface area contributed by atoms with Gasteiger partial charge in [0.15, 0.2) is 0 Å². The van der Waals surface area contributed by atoms with Gasteiger partial charge in [0.2, 0.25) is 0 Å². The number of hydrogen-bond donors (Lipinski definition) is 0. The number of benzene rings is 1. The lowest BCUT2D eigenvalue weighted by molar-refractivity contribution is -0.143. The SMILES string of the molecule is COC(=O)C1CCN1c1ccc(Cl)cc1I. The summed E-state index contributed by atoms with van der Waals surface area (Å²) in [6.07, 6.45) is 0.853. The van der Waals surface area contributed by atoms with Gasteiger partial charge in [-0.2, -0.15) is 0 Å². The number of ether oxygens (including phenoxy) is 1. The van der Waals surface area contributed by atoms with E-state index in [-0.39, 0.29) is 12.0 Å². The third-order valence-electron chi connectivity index (χ3n) is 2.71. The van der Waals surface area contributed by atoms with E-state index in [0.717, 1.165) is 22.2 Å². The van der Waals surface area contributed by atoms with Crippen molar-refractivity contribution >= 4 is 45.8 Å². The molecule has 1 atom stereocenters. The molecule has 2 rings (SSSR count). The van der Waals surface area contributed by atoms with E-state index in [1.165, 1.54) is 7.11 Å². The smallest absolute Gasteiger partial charge is 0.328 e. The van der Waals surface area contributed by atoms with Crippen molar-refractivity contribution in [3.63, 3.8) is 0 Å². The maximum absolute atomic E-state index is 11.5.